The molecule has 0 aromatic heterocycles. The topological polar surface area (TPSA) is 30.5 Å². The molecule has 2 aliphatic rings. The summed E-state index contributed by atoms with van der Waals surface area (Å²) in [5.41, 5.74) is 0. The second kappa shape index (κ2) is 6.43. The monoisotopic (exact) mass is 212 g/mol. The molecule has 0 spiro atoms. The van der Waals surface area contributed by atoms with E-state index < -0.39 is 0 Å². The molecule has 0 saturated carbocycles. The summed E-state index contributed by atoms with van der Waals surface area (Å²) < 4.78 is 0. The largest absolute Gasteiger partial charge is 0.304 e. The van der Waals surface area contributed by atoms with Gasteiger partial charge in [-0.1, -0.05) is 0 Å². The van der Waals surface area contributed by atoms with Crippen LogP contribution >= 0.6 is 0 Å². The highest BCUT2D eigenvalue weighted by Crippen LogP contribution is 2.03. The fraction of sp³-hybridized carbons (Fsp3) is 1.00. The molecule has 0 aromatic carbocycles. The lowest BCUT2D eigenvalue weighted by Crippen LogP contribution is -2.44. The van der Waals surface area contributed by atoms with Gasteiger partial charge < -0.3 is 10.6 Å². The Morgan fingerprint density at radius 3 is 1.80 bits per heavy atom. The second-order valence-corrected chi connectivity index (χ2v) is 4.66. The van der Waals surface area contributed by atoms with E-state index in [1.54, 1.807) is 0 Å². The molecule has 4 nitrogen and oxygen atoms in total. The predicted octanol–water partition coefficient (Wildman–Crippen LogP) is 0.230. The third kappa shape index (κ3) is 4.07. The summed E-state index contributed by atoms with van der Waals surface area (Å²) in [6, 6.07) is 0. The molecular weight excluding hydrogens is 188 g/mol. The third-order valence-corrected chi connectivity index (χ3v) is 3.23. The average molecular weight is 212 g/mol. The summed E-state index contributed by atoms with van der Waals surface area (Å²) in [4.78, 5) is 5.06. The highest BCUT2D eigenvalue weighted by Gasteiger charge is 2.13. The Labute approximate surface area is 93.0 Å². The minimum absolute atomic E-state index is 1.07. The van der Waals surface area contributed by atoms with Crippen LogP contribution in [-0.4, -0.2) is 56.0 Å². The maximum Gasteiger partial charge on any atom is 0.0529 e. The lowest BCUT2D eigenvalue weighted by molar-refractivity contribution is 0.127. The lowest BCUT2D eigenvalue weighted by atomic mass is 10.3. The van der Waals surface area contributed by atoms with Gasteiger partial charge in [0, 0.05) is 26.4 Å². The number of hydrogen-bond donors (Lipinski definition) is 2. The van der Waals surface area contributed by atoms with Crippen LogP contribution in [0.3, 0.4) is 0 Å². The van der Waals surface area contributed by atoms with Crippen molar-refractivity contribution in [1.82, 2.24) is 20.4 Å². The van der Waals surface area contributed by atoms with E-state index in [2.05, 4.69) is 20.4 Å². The smallest absolute Gasteiger partial charge is 0.0529 e. The standard InChI is InChI=1S/C11H24N4/c1-3-7-14(9-12-5-1)11-15-8-4-2-6-13-10-15/h12-13H,1-11H2. The summed E-state index contributed by atoms with van der Waals surface area (Å²) in [6.07, 6.45) is 5.34. The van der Waals surface area contributed by atoms with E-state index in [0.717, 1.165) is 20.0 Å². The molecule has 2 fully saturated rings. The molecule has 0 aromatic rings. The molecule has 0 radical (unpaired) electrons. The zero-order valence-corrected chi connectivity index (χ0v) is 9.67. The minimum atomic E-state index is 1.07. The number of hydrogen-bond acceptors (Lipinski definition) is 4. The molecule has 88 valence electrons. The van der Waals surface area contributed by atoms with Gasteiger partial charge >= 0.3 is 0 Å². The summed E-state index contributed by atoms with van der Waals surface area (Å²) >= 11 is 0. The average Bonchev–Trinajstić information content (AvgIpc) is 2.63. The molecule has 2 aliphatic heterocycles. The van der Waals surface area contributed by atoms with Crippen LogP contribution in [0.4, 0.5) is 0 Å². The van der Waals surface area contributed by atoms with Crippen LogP contribution in [0.15, 0.2) is 0 Å². The van der Waals surface area contributed by atoms with E-state index >= 15 is 0 Å². The molecule has 0 unspecified atom stereocenters. The molecule has 2 rings (SSSR count). The first-order valence-corrected chi connectivity index (χ1v) is 6.31. The fourth-order valence-electron chi connectivity index (χ4n) is 2.33. The van der Waals surface area contributed by atoms with Gasteiger partial charge in [-0.3, -0.25) is 9.80 Å². The van der Waals surface area contributed by atoms with Crippen LogP contribution in [0.25, 0.3) is 0 Å². The first kappa shape index (κ1) is 11.3. The lowest BCUT2D eigenvalue weighted by Gasteiger charge is -2.28. The van der Waals surface area contributed by atoms with Crippen molar-refractivity contribution in [2.45, 2.75) is 25.7 Å². The summed E-state index contributed by atoms with van der Waals surface area (Å²) in [6.45, 7) is 8.14. The van der Waals surface area contributed by atoms with E-state index in [9.17, 15) is 0 Å². The van der Waals surface area contributed by atoms with Crippen LogP contribution in [0.2, 0.25) is 0 Å². The van der Waals surface area contributed by atoms with Crippen LogP contribution in [0.5, 0.6) is 0 Å². The summed E-state index contributed by atoms with van der Waals surface area (Å²) in [7, 11) is 0. The number of nitrogens with one attached hydrogen (secondary N) is 2. The van der Waals surface area contributed by atoms with Crippen LogP contribution in [-0.2, 0) is 0 Å². The van der Waals surface area contributed by atoms with Crippen molar-refractivity contribution in [3.05, 3.63) is 0 Å². The second-order valence-electron chi connectivity index (χ2n) is 4.66. The predicted molar refractivity (Wildman–Crippen MR) is 62.5 cm³/mol. The fourth-order valence-corrected chi connectivity index (χ4v) is 2.33. The van der Waals surface area contributed by atoms with Crippen molar-refractivity contribution in [3.63, 3.8) is 0 Å². The van der Waals surface area contributed by atoms with E-state index in [4.69, 9.17) is 0 Å². The van der Waals surface area contributed by atoms with Crippen molar-refractivity contribution in [3.8, 4) is 0 Å². The Bertz CT molecular complexity index is 140. The van der Waals surface area contributed by atoms with E-state index in [1.807, 2.05) is 0 Å². The van der Waals surface area contributed by atoms with E-state index in [0.29, 0.717) is 0 Å². The van der Waals surface area contributed by atoms with Gasteiger partial charge in [-0.25, -0.2) is 0 Å². The van der Waals surface area contributed by atoms with Gasteiger partial charge in [0.1, 0.15) is 0 Å². The van der Waals surface area contributed by atoms with E-state index in [-0.39, 0.29) is 0 Å². The molecule has 2 heterocycles. The van der Waals surface area contributed by atoms with Crippen molar-refractivity contribution in [2.75, 3.05) is 46.2 Å². The Hall–Kier alpha value is -0.160. The van der Waals surface area contributed by atoms with Gasteiger partial charge in [-0.2, -0.15) is 0 Å². The molecular formula is C11H24N4. The van der Waals surface area contributed by atoms with Crippen molar-refractivity contribution >= 4 is 0 Å². The maximum atomic E-state index is 3.48. The van der Waals surface area contributed by atoms with Gasteiger partial charge in [0.2, 0.25) is 0 Å². The molecule has 0 amide bonds. The summed E-state index contributed by atoms with van der Waals surface area (Å²) in [5, 5.41) is 6.96. The van der Waals surface area contributed by atoms with Gasteiger partial charge in [0.25, 0.3) is 0 Å². The highest BCUT2D eigenvalue weighted by atomic mass is 15.4. The Kier molecular flexibility index (Phi) is 4.86. The molecule has 4 heteroatoms. The first-order chi connectivity index (χ1) is 7.45. The zero-order chi connectivity index (χ0) is 10.3. The quantitative estimate of drug-likeness (QED) is 0.686. The molecule has 0 aliphatic carbocycles. The molecule has 0 bridgehead atoms. The highest BCUT2D eigenvalue weighted by molar-refractivity contribution is 4.66. The van der Waals surface area contributed by atoms with E-state index in [1.165, 1.54) is 51.9 Å². The summed E-state index contributed by atoms with van der Waals surface area (Å²) in [5.74, 6) is 0. The van der Waals surface area contributed by atoms with Gasteiger partial charge in [0.05, 0.1) is 6.67 Å². The molecule has 2 N–H and O–H groups in total. The normalized spacial score (nSPS) is 27.2. The molecule has 2 saturated heterocycles. The van der Waals surface area contributed by atoms with Crippen molar-refractivity contribution in [1.29, 1.82) is 0 Å². The van der Waals surface area contributed by atoms with Crippen LogP contribution < -0.4 is 10.6 Å². The van der Waals surface area contributed by atoms with Crippen molar-refractivity contribution in [2.24, 2.45) is 0 Å². The van der Waals surface area contributed by atoms with Gasteiger partial charge in [-0.05, 0) is 38.8 Å². The first-order valence-electron chi connectivity index (χ1n) is 6.31. The Morgan fingerprint density at radius 2 is 1.27 bits per heavy atom. The number of rotatable bonds is 2. The molecule has 15 heavy (non-hydrogen) atoms. The number of nitrogens with zero attached hydrogens (tertiary/aromatic N) is 2. The Balaban J connectivity index is 1.73. The van der Waals surface area contributed by atoms with Gasteiger partial charge in [-0.15, -0.1) is 0 Å². The van der Waals surface area contributed by atoms with Crippen LogP contribution in [0.1, 0.15) is 25.7 Å². The Morgan fingerprint density at radius 1 is 0.733 bits per heavy atom. The minimum Gasteiger partial charge on any atom is -0.304 e. The third-order valence-electron chi connectivity index (χ3n) is 3.23. The maximum absolute atomic E-state index is 3.48. The molecule has 0 atom stereocenters. The SMILES string of the molecule is C1CCN(CN2CCCCNC2)CNC1. The van der Waals surface area contributed by atoms with Gasteiger partial charge in [0.15, 0.2) is 0 Å². The van der Waals surface area contributed by atoms with Crippen LogP contribution in [0, 0.1) is 0 Å². The zero-order valence-electron chi connectivity index (χ0n) is 9.67. The van der Waals surface area contributed by atoms with Crippen molar-refractivity contribution < 1.29 is 0 Å².